The Morgan fingerprint density at radius 2 is 1.75 bits per heavy atom. The standard InChI is InChI=1S/C20H32N2O2/c1-3-22(4-2)16-18-11-7-6-10-17(18)15-21-19(23)14-20(24)12-8-5-9-13-20/h6-7,10-11,24H,3-5,8-9,12-16H2,1-2H3,(H,21,23). The van der Waals surface area contributed by atoms with Crippen LogP contribution in [0.2, 0.25) is 0 Å². The molecule has 1 amide bonds. The van der Waals surface area contributed by atoms with Crippen LogP contribution in [0.25, 0.3) is 0 Å². The van der Waals surface area contributed by atoms with Crippen molar-refractivity contribution in [1.82, 2.24) is 10.2 Å². The third-order valence-corrected chi connectivity index (χ3v) is 5.16. The van der Waals surface area contributed by atoms with Crippen molar-refractivity contribution < 1.29 is 9.90 Å². The zero-order valence-corrected chi connectivity index (χ0v) is 15.2. The summed E-state index contributed by atoms with van der Waals surface area (Å²) in [5.74, 6) is -0.0444. The number of aliphatic hydroxyl groups is 1. The number of rotatable bonds is 8. The summed E-state index contributed by atoms with van der Waals surface area (Å²) in [5.41, 5.74) is 1.63. The van der Waals surface area contributed by atoms with Crippen LogP contribution in [0.3, 0.4) is 0 Å². The smallest absolute Gasteiger partial charge is 0.223 e. The lowest BCUT2D eigenvalue weighted by molar-refractivity contribution is -0.127. The van der Waals surface area contributed by atoms with Crippen LogP contribution in [-0.2, 0) is 17.9 Å². The highest BCUT2D eigenvalue weighted by atomic mass is 16.3. The monoisotopic (exact) mass is 332 g/mol. The molecule has 1 aromatic rings. The van der Waals surface area contributed by atoms with Crippen molar-refractivity contribution in [1.29, 1.82) is 0 Å². The molecule has 1 aliphatic carbocycles. The predicted octanol–water partition coefficient (Wildman–Crippen LogP) is 3.23. The zero-order valence-electron chi connectivity index (χ0n) is 15.2. The molecular weight excluding hydrogens is 300 g/mol. The first-order valence-electron chi connectivity index (χ1n) is 9.34. The maximum absolute atomic E-state index is 12.3. The number of carbonyl (C=O) groups excluding carboxylic acids is 1. The highest BCUT2D eigenvalue weighted by molar-refractivity contribution is 5.77. The fraction of sp³-hybridized carbons (Fsp3) is 0.650. The van der Waals surface area contributed by atoms with Crippen LogP contribution in [0.15, 0.2) is 24.3 Å². The molecule has 0 spiro atoms. The van der Waals surface area contributed by atoms with E-state index < -0.39 is 5.60 Å². The van der Waals surface area contributed by atoms with Gasteiger partial charge in [-0.05, 0) is 37.1 Å². The van der Waals surface area contributed by atoms with Crippen LogP contribution in [0.4, 0.5) is 0 Å². The zero-order chi connectivity index (χ0) is 17.4. The molecule has 1 saturated carbocycles. The Hall–Kier alpha value is -1.39. The lowest BCUT2D eigenvalue weighted by atomic mass is 9.82. The van der Waals surface area contributed by atoms with E-state index in [1.807, 2.05) is 6.07 Å². The molecular formula is C20H32N2O2. The van der Waals surface area contributed by atoms with E-state index in [0.717, 1.165) is 50.9 Å². The third-order valence-electron chi connectivity index (χ3n) is 5.16. The summed E-state index contributed by atoms with van der Waals surface area (Å²) < 4.78 is 0. The second-order valence-electron chi connectivity index (χ2n) is 6.97. The van der Waals surface area contributed by atoms with Crippen LogP contribution in [0.5, 0.6) is 0 Å². The molecule has 4 heteroatoms. The number of benzene rings is 1. The van der Waals surface area contributed by atoms with Gasteiger partial charge in [-0.25, -0.2) is 0 Å². The first kappa shape index (κ1) is 18.9. The van der Waals surface area contributed by atoms with Crippen LogP contribution < -0.4 is 5.32 Å². The maximum Gasteiger partial charge on any atom is 0.223 e. The van der Waals surface area contributed by atoms with Crippen molar-refractivity contribution in [3.05, 3.63) is 35.4 Å². The molecule has 0 unspecified atom stereocenters. The van der Waals surface area contributed by atoms with Gasteiger partial charge in [0.1, 0.15) is 0 Å². The van der Waals surface area contributed by atoms with Gasteiger partial charge in [-0.1, -0.05) is 57.4 Å². The number of nitrogens with zero attached hydrogens (tertiary/aromatic N) is 1. The molecule has 0 heterocycles. The molecule has 134 valence electrons. The molecule has 0 radical (unpaired) electrons. The summed E-state index contributed by atoms with van der Waals surface area (Å²) in [7, 11) is 0. The molecule has 0 saturated heterocycles. The average Bonchev–Trinajstić information content (AvgIpc) is 2.59. The van der Waals surface area contributed by atoms with Crippen molar-refractivity contribution in [2.24, 2.45) is 0 Å². The maximum atomic E-state index is 12.3. The van der Waals surface area contributed by atoms with Gasteiger partial charge in [0, 0.05) is 13.1 Å². The van der Waals surface area contributed by atoms with Crippen molar-refractivity contribution in [2.45, 2.75) is 71.1 Å². The van der Waals surface area contributed by atoms with Gasteiger partial charge in [0.15, 0.2) is 0 Å². The minimum atomic E-state index is -0.789. The molecule has 1 aromatic carbocycles. The molecule has 24 heavy (non-hydrogen) atoms. The Labute approximate surface area is 146 Å². The Balaban J connectivity index is 1.90. The number of hydrogen-bond donors (Lipinski definition) is 2. The normalized spacial score (nSPS) is 17.0. The van der Waals surface area contributed by atoms with Gasteiger partial charge in [0.05, 0.1) is 12.0 Å². The molecule has 0 atom stereocenters. The fourth-order valence-corrected chi connectivity index (χ4v) is 3.51. The summed E-state index contributed by atoms with van der Waals surface area (Å²) in [6.45, 7) is 7.81. The highest BCUT2D eigenvalue weighted by Crippen LogP contribution is 2.30. The van der Waals surface area contributed by atoms with E-state index in [1.165, 1.54) is 12.0 Å². The van der Waals surface area contributed by atoms with Gasteiger partial charge in [0.25, 0.3) is 0 Å². The van der Waals surface area contributed by atoms with Crippen LogP contribution in [0, 0.1) is 0 Å². The lowest BCUT2D eigenvalue weighted by Crippen LogP contribution is -2.38. The third kappa shape index (κ3) is 5.60. The van der Waals surface area contributed by atoms with Gasteiger partial charge >= 0.3 is 0 Å². The quantitative estimate of drug-likeness (QED) is 0.768. The summed E-state index contributed by atoms with van der Waals surface area (Å²) in [4.78, 5) is 14.6. The van der Waals surface area contributed by atoms with Crippen LogP contribution >= 0.6 is 0 Å². The fourth-order valence-electron chi connectivity index (χ4n) is 3.51. The largest absolute Gasteiger partial charge is 0.389 e. The van der Waals surface area contributed by atoms with Gasteiger partial charge < -0.3 is 10.4 Å². The second kappa shape index (κ2) is 9.19. The van der Waals surface area contributed by atoms with Gasteiger partial charge in [-0.2, -0.15) is 0 Å². The minimum Gasteiger partial charge on any atom is -0.389 e. The number of nitrogens with one attached hydrogen (secondary N) is 1. The molecule has 2 rings (SSSR count). The number of hydrogen-bond acceptors (Lipinski definition) is 3. The average molecular weight is 332 g/mol. The Kier molecular flexibility index (Phi) is 7.25. The summed E-state index contributed by atoms with van der Waals surface area (Å²) in [5, 5.41) is 13.5. The Morgan fingerprint density at radius 3 is 2.38 bits per heavy atom. The van der Waals surface area contributed by atoms with E-state index in [0.29, 0.717) is 6.54 Å². The van der Waals surface area contributed by atoms with Crippen molar-refractivity contribution in [2.75, 3.05) is 13.1 Å². The summed E-state index contributed by atoms with van der Waals surface area (Å²) >= 11 is 0. The topological polar surface area (TPSA) is 52.6 Å². The summed E-state index contributed by atoms with van der Waals surface area (Å²) in [6.07, 6.45) is 4.94. The molecule has 1 aliphatic rings. The van der Waals surface area contributed by atoms with Gasteiger partial charge in [-0.3, -0.25) is 9.69 Å². The first-order valence-corrected chi connectivity index (χ1v) is 9.34. The minimum absolute atomic E-state index is 0.0444. The van der Waals surface area contributed by atoms with Gasteiger partial charge in [-0.15, -0.1) is 0 Å². The highest BCUT2D eigenvalue weighted by Gasteiger charge is 2.31. The van der Waals surface area contributed by atoms with Crippen molar-refractivity contribution in [3.8, 4) is 0 Å². The van der Waals surface area contributed by atoms with Crippen LogP contribution in [-0.4, -0.2) is 34.6 Å². The second-order valence-corrected chi connectivity index (χ2v) is 6.97. The number of carbonyl (C=O) groups is 1. The van der Waals surface area contributed by atoms with Crippen molar-refractivity contribution >= 4 is 5.91 Å². The predicted molar refractivity (Wildman–Crippen MR) is 97.6 cm³/mol. The summed E-state index contributed by atoms with van der Waals surface area (Å²) in [6, 6.07) is 8.28. The van der Waals surface area contributed by atoms with E-state index in [1.54, 1.807) is 0 Å². The number of amides is 1. The Bertz CT molecular complexity index is 520. The molecule has 2 N–H and O–H groups in total. The molecule has 0 aliphatic heterocycles. The molecule has 0 bridgehead atoms. The van der Waals surface area contributed by atoms with E-state index in [4.69, 9.17) is 0 Å². The van der Waals surface area contributed by atoms with Crippen LogP contribution in [0.1, 0.15) is 63.5 Å². The Morgan fingerprint density at radius 1 is 1.12 bits per heavy atom. The molecule has 1 fully saturated rings. The van der Waals surface area contributed by atoms with E-state index in [9.17, 15) is 9.90 Å². The van der Waals surface area contributed by atoms with E-state index >= 15 is 0 Å². The SMILES string of the molecule is CCN(CC)Cc1ccccc1CNC(=O)CC1(O)CCCCC1. The lowest BCUT2D eigenvalue weighted by Gasteiger charge is -2.31. The van der Waals surface area contributed by atoms with E-state index in [-0.39, 0.29) is 12.3 Å². The van der Waals surface area contributed by atoms with Crippen molar-refractivity contribution in [3.63, 3.8) is 0 Å². The van der Waals surface area contributed by atoms with E-state index in [2.05, 4.69) is 42.3 Å². The molecule has 4 nitrogen and oxygen atoms in total. The molecule has 0 aromatic heterocycles. The van der Waals surface area contributed by atoms with Gasteiger partial charge in [0.2, 0.25) is 5.91 Å². The first-order chi connectivity index (χ1) is 11.6.